The van der Waals surface area contributed by atoms with E-state index in [4.69, 9.17) is 0 Å². The number of carbonyl (C=O) groups excluding carboxylic acids is 2. The first-order chi connectivity index (χ1) is 13.9. The zero-order valence-corrected chi connectivity index (χ0v) is 18.6. The second kappa shape index (κ2) is 9.84. The van der Waals surface area contributed by atoms with Gasteiger partial charge in [0.1, 0.15) is 5.82 Å². The van der Waals surface area contributed by atoms with E-state index in [0.29, 0.717) is 23.7 Å². The van der Waals surface area contributed by atoms with Crippen molar-refractivity contribution in [3.63, 3.8) is 0 Å². The van der Waals surface area contributed by atoms with Gasteiger partial charge < -0.3 is 5.32 Å². The number of rotatable bonds is 8. The number of hydrogen-bond acceptors (Lipinski definition) is 5. The number of nitrogens with one attached hydrogen (secondary N) is 1. The number of thioether (sulfide) groups is 1. The fourth-order valence-corrected chi connectivity index (χ4v) is 3.84. The molecule has 0 spiro atoms. The Kier molecular flexibility index (Phi) is 7.22. The number of hydrogen-bond donors (Lipinski definition) is 1. The maximum atomic E-state index is 12.5. The maximum Gasteiger partial charge on any atom is 0.216 e. The van der Waals surface area contributed by atoms with Crippen molar-refractivity contribution in [2.24, 2.45) is 0 Å². The van der Waals surface area contributed by atoms with Crippen molar-refractivity contribution in [2.45, 2.75) is 25.4 Å². The average Bonchev–Trinajstić information content (AvgIpc) is 3.10. The lowest BCUT2D eigenvalue weighted by Gasteiger charge is -2.10. The first-order valence-electron chi connectivity index (χ1n) is 9.11. The molecule has 3 rings (SSSR count). The Labute approximate surface area is 182 Å². The Morgan fingerprint density at radius 2 is 1.76 bits per heavy atom. The minimum Gasteiger partial charge on any atom is -0.356 e. The molecule has 1 aromatic heterocycles. The SMILES string of the molecule is CC(=O)NCCc1nnc(SCC(=O)c2ccc(C)cc2)n1-c1ccc(Br)cc1. The molecule has 1 heterocycles. The second-order valence-electron chi connectivity index (χ2n) is 6.52. The Balaban J connectivity index is 1.80. The normalized spacial score (nSPS) is 10.7. The zero-order valence-electron chi connectivity index (χ0n) is 16.2. The average molecular weight is 473 g/mol. The van der Waals surface area contributed by atoms with E-state index < -0.39 is 0 Å². The monoisotopic (exact) mass is 472 g/mol. The Morgan fingerprint density at radius 3 is 2.41 bits per heavy atom. The molecule has 0 atom stereocenters. The van der Waals surface area contributed by atoms with Crippen LogP contribution in [-0.4, -0.2) is 38.8 Å². The third-order valence-corrected chi connectivity index (χ3v) is 5.67. The number of nitrogens with zero attached hydrogens (tertiary/aromatic N) is 3. The number of aryl methyl sites for hydroxylation is 1. The van der Waals surface area contributed by atoms with Gasteiger partial charge in [-0.3, -0.25) is 14.2 Å². The maximum absolute atomic E-state index is 12.5. The number of aromatic nitrogens is 3. The highest BCUT2D eigenvalue weighted by Crippen LogP contribution is 2.24. The Hall–Kier alpha value is -2.45. The van der Waals surface area contributed by atoms with Crippen LogP contribution in [0.1, 0.15) is 28.7 Å². The highest BCUT2D eigenvalue weighted by Gasteiger charge is 2.16. The standard InChI is InChI=1S/C21H21BrN4O2S/c1-14-3-5-16(6-4-14)19(28)13-29-21-25-24-20(11-12-23-15(2)27)26(21)18-9-7-17(22)8-10-18/h3-10H,11-13H2,1-2H3,(H,23,27). The third-order valence-electron chi connectivity index (χ3n) is 4.21. The number of halogens is 1. The van der Waals surface area contributed by atoms with Crippen LogP contribution in [0.4, 0.5) is 0 Å². The van der Waals surface area contributed by atoms with Gasteiger partial charge in [-0.2, -0.15) is 0 Å². The molecule has 0 bridgehead atoms. The van der Waals surface area contributed by atoms with Gasteiger partial charge in [0.25, 0.3) is 0 Å². The molecule has 0 aliphatic rings. The van der Waals surface area contributed by atoms with Crippen molar-refractivity contribution in [2.75, 3.05) is 12.3 Å². The second-order valence-corrected chi connectivity index (χ2v) is 8.38. The fraction of sp³-hybridized carbons (Fsp3) is 0.238. The van der Waals surface area contributed by atoms with E-state index >= 15 is 0 Å². The van der Waals surface area contributed by atoms with Crippen molar-refractivity contribution in [3.05, 3.63) is 70.0 Å². The van der Waals surface area contributed by atoms with Crippen molar-refractivity contribution < 1.29 is 9.59 Å². The Bertz CT molecular complexity index is 1000. The summed E-state index contributed by atoms with van der Waals surface area (Å²) >= 11 is 4.80. The lowest BCUT2D eigenvalue weighted by Crippen LogP contribution is -2.23. The summed E-state index contributed by atoms with van der Waals surface area (Å²) in [6.45, 7) is 3.95. The molecule has 0 unspecified atom stereocenters. The predicted molar refractivity (Wildman–Crippen MR) is 118 cm³/mol. The topological polar surface area (TPSA) is 76.9 Å². The largest absolute Gasteiger partial charge is 0.356 e. The summed E-state index contributed by atoms with van der Waals surface area (Å²) in [6.07, 6.45) is 0.537. The molecule has 29 heavy (non-hydrogen) atoms. The van der Waals surface area contributed by atoms with Crippen LogP contribution in [0.5, 0.6) is 0 Å². The van der Waals surface area contributed by atoms with Crippen LogP contribution in [0.25, 0.3) is 5.69 Å². The van der Waals surface area contributed by atoms with E-state index in [-0.39, 0.29) is 17.4 Å². The molecule has 2 aromatic carbocycles. The van der Waals surface area contributed by atoms with Gasteiger partial charge in [-0.1, -0.05) is 57.5 Å². The van der Waals surface area contributed by atoms with E-state index in [9.17, 15) is 9.59 Å². The third kappa shape index (κ3) is 5.77. The molecule has 1 amide bonds. The van der Waals surface area contributed by atoms with Gasteiger partial charge >= 0.3 is 0 Å². The van der Waals surface area contributed by atoms with Crippen LogP contribution in [0, 0.1) is 6.92 Å². The molecule has 6 nitrogen and oxygen atoms in total. The minimum absolute atomic E-state index is 0.0418. The van der Waals surface area contributed by atoms with Crippen molar-refractivity contribution in [3.8, 4) is 5.69 Å². The van der Waals surface area contributed by atoms with Gasteiger partial charge in [0.2, 0.25) is 5.91 Å². The summed E-state index contributed by atoms with van der Waals surface area (Å²) in [4.78, 5) is 23.7. The van der Waals surface area contributed by atoms with Gasteiger partial charge in [0, 0.05) is 35.6 Å². The molecule has 0 aliphatic carbocycles. The first-order valence-corrected chi connectivity index (χ1v) is 10.9. The molecule has 150 valence electrons. The van der Waals surface area contributed by atoms with E-state index in [1.54, 1.807) is 0 Å². The van der Waals surface area contributed by atoms with Crippen LogP contribution in [0.2, 0.25) is 0 Å². The molecule has 0 saturated heterocycles. The molecule has 0 radical (unpaired) electrons. The molecule has 1 N–H and O–H groups in total. The highest BCUT2D eigenvalue weighted by atomic mass is 79.9. The molecule has 0 aliphatic heterocycles. The number of amides is 1. The Morgan fingerprint density at radius 1 is 1.07 bits per heavy atom. The number of benzene rings is 2. The van der Waals surface area contributed by atoms with E-state index in [0.717, 1.165) is 21.5 Å². The van der Waals surface area contributed by atoms with Gasteiger partial charge in [0.05, 0.1) is 5.75 Å². The minimum atomic E-state index is -0.0852. The van der Waals surface area contributed by atoms with Gasteiger partial charge in [-0.05, 0) is 31.2 Å². The van der Waals surface area contributed by atoms with Crippen LogP contribution < -0.4 is 5.32 Å². The summed E-state index contributed by atoms with van der Waals surface area (Å²) in [7, 11) is 0. The van der Waals surface area contributed by atoms with Crippen LogP contribution in [-0.2, 0) is 11.2 Å². The van der Waals surface area contributed by atoms with Crippen LogP contribution in [0.3, 0.4) is 0 Å². The lowest BCUT2D eigenvalue weighted by molar-refractivity contribution is -0.118. The van der Waals surface area contributed by atoms with Gasteiger partial charge in [0.15, 0.2) is 10.9 Å². The number of carbonyl (C=O) groups is 2. The van der Waals surface area contributed by atoms with E-state index in [2.05, 4.69) is 31.4 Å². The molecule has 3 aromatic rings. The number of Topliss-reactive ketones (excluding diaryl/α,β-unsaturated/α-hetero) is 1. The number of ketones is 1. The molecule has 8 heteroatoms. The van der Waals surface area contributed by atoms with Crippen LogP contribution >= 0.6 is 27.7 Å². The summed E-state index contributed by atoms with van der Waals surface area (Å²) in [6, 6.07) is 15.4. The first kappa shape index (κ1) is 21.3. The van der Waals surface area contributed by atoms with Crippen molar-refractivity contribution in [1.29, 1.82) is 0 Å². The summed E-state index contributed by atoms with van der Waals surface area (Å²) < 4.78 is 2.90. The molecule has 0 saturated carbocycles. The smallest absolute Gasteiger partial charge is 0.216 e. The summed E-state index contributed by atoms with van der Waals surface area (Å²) in [5.41, 5.74) is 2.71. The van der Waals surface area contributed by atoms with Crippen molar-refractivity contribution >= 4 is 39.4 Å². The molecular formula is C21H21BrN4O2S. The van der Waals surface area contributed by atoms with Gasteiger partial charge in [-0.15, -0.1) is 10.2 Å². The van der Waals surface area contributed by atoms with E-state index in [1.165, 1.54) is 18.7 Å². The van der Waals surface area contributed by atoms with E-state index in [1.807, 2.05) is 60.0 Å². The quantitative estimate of drug-likeness (QED) is 0.396. The van der Waals surface area contributed by atoms with Crippen LogP contribution in [0.15, 0.2) is 58.2 Å². The molecular weight excluding hydrogens is 452 g/mol. The molecule has 0 fully saturated rings. The zero-order chi connectivity index (χ0) is 20.8. The van der Waals surface area contributed by atoms with Crippen molar-refractivity contribution in [1.82, 2.24) is 20.1 Å². The summed E-state index contributed by atoms with van der Waals surface area (Å²) in [5, 5.41) is 12.0. The lowest BCUT2D eigenvalue weighted by atomic mass is 10.1. The predicted octanol–water partition coefficient (Wildman–Crippen LogP) is 3.99. The van der Waals surface area contributed by atoms with Gasteiger partial charge in [-0.25, -0.2) is 0 Å². The highest BCUT2D eigenvalue weighted by molar-refractivity contribution is 9.10. The fourth-order valence-electron chi connectivity index (χ4n) is 2.71. The summed E-state index contributed by atoms with van der Waals surface area (Å²) in [5.74, 6) is 0.952.